The number of anilines is 1. The first kappa shape index (κ1) is 22.3. The van der Waals surface area contributed by atoms with Crippen LogP contribution in [0.15, 0.2) is 30.5 Å². The van der Waals surface area contributed by atoms with E-state index in [1.54, 1.807) is 22.9 Å². The summed E-state index contributed by atoms with van der Waals surface area (Å²) in [5, 5.41) is 10.1. The summed E-state index contributed by atoms with van der Waals surface area (Å²) in [6, 6.07) is 5.35. The van der Waals surface area contributed by atoms with E-state index >= 15 is 0 Å². The minimum Gasteiger partial charge on any atom is -0.317 e. The summed E-state index contributed by atoms with van der Waals surface area (Å²) in [5.74, 6) is -7.59. The van der Waals surface area contributed by atoms with Crippen LogP contribution in [-0.2, 0) is 0 Å². The Hall–Kier alpha value is -2.91. The molecule has 1 aliphatic heterocycles. The van der Waals surface area contributed by atoms with Crippen molar-refractivity contribution in [3.8, 4) is 5.69 Å². The lowest BCUT2D eigenvalue weighted by Crippen LogP contribution is -2.29. The third kappa shape index (κ3) is 3.98. The van der Waals surface area contributed by atoms with E-state index in [2.05, 4.69) is 10.4 Å². The highest BCUT2D eigenvalue weighted by Gasteiger charge is 2.29. The van der Waals surface area contributed by atoms with Gasteiger partial charge in [-0.25, -0.2) is 22.2 Å². The lowest BCUT2D eigenvalue weighted by molar-refractivity contribution is 0.102. The van der Waals surface area contributed by atoms with Crippen molar-refractivity contribution in [3.63, 3.8) is 0 Å². The zero-order chi connectivity index (χ0) is 23.0. The third-order valence-corrected chi connectivity index (χ3v) is 6.00. The smallest absolute Gasteiger partial charge is 0.259 e. The number of piperidine rings is 1. The molecule has 0 aliphatic carbocycles. The maximum absolute atomic E-state index is 14.1. The molecule has 0 spiro atoms. The van der Waals surface area contributed by atoms with E-state index in [4.69, 9.17) is 11.6 Å². The average molecular weight is 467 g/mol. The fourth-order valence-electron chi connectivity index (χ4n) is 3.90. The van der Waals surface area contributed by atoms with E-state index in [0.29, 0.717) is 42.3 Å². The minimum atomic E-state index is -1.68. The van der Waals surface area contributed by atoms with Crippen LogP contribution < -0.4 is 10.6 Å². The van der Waals surface area contributed by atoms with Crippen molar-refractivity contribution in [2.75, 3.05) is 18.4 Å². The van der Waals surface area contributed by atoms with Gasteiger partial charge in [0.1, 0.15) is 5.69 Å². The first-order chi connectivity index (χ1) is 15.3. The number of carbonyl (C=O) groups is 1. The molecule has 5 nitrogen and oxygen atoms in total. The molecule has 168 valence electrons. The first-order valence-corrected chi connectivity index (χ1v) is 10.4. The van der Waals surface area contributed by atoms with Crippen LogP contribution in [0.4, 0.5) is 23.2 Å². The molecule has 1 aromatic heterocycles. The van der Waals surface area contributed by atoms with Crippen molar-refractivity contribution in [3.05, 3.63) is 75.6 Å². The summed E-state index contributed by atoms with van der Waals surface area (Å²) in [7, 11) is 0. The molecule has 0 atom stereocenters. The van der Waals surface area contributed by atoms with Gasteiger partial charge in [-0.3, -0.25) is 4.79 Å². The van der Waals surface area contributed by atoms with Crippen LogP contribution in [-0.4, -0.2) is 28.8 Å². The average Bonchev–Trinajstić information content (AvgIpc) is 3.23. The van der Waals surface area contributed by atoms with Crippen molar-refractivity contribution >= 4 is 23.2 Å². The van der Waals surface area contributed by atoms with Gasteiger partial charge in [0.2, 0.25) is 0 Å². The number of nitrogens with zero attached hydrogens (tertiary/aromatic N) is 2. The Morgan fingerprint density at radius 3 is 2.47 bits per heavy atom. The number of nitrogens with one attached hydrogen (secondary N) is 2. The van der Waals surface area contributed by atoms with E-state index in [0.717, 1.165) is 5.56 Å². The quantitative estimate of drug-likeness (QED) is 0.415. The molecule has 3 aromatic rings. The zero-order valence-corrected chi connectivity index (χ0v) is 17.7. The lowest BCUT2D eigenvalue weighted by atomic mass is 9.91. The molecule has 1 aliphatic rings. The molecule has 2 heterocycles. The second kappa shape index (κ2) is 8.91. The maximum Gasteiger partial charge on any atom is 0.259 e. The summed E-state index contributed by atoms with van der Waals surface area (Å²) < 4.78 is 57.0. The SMILES string of the molecule is Cc1c(Cl)cccc1-n1ncc(C(=O)Nc2c(F)c(F)cc(F)c2F)c1C1CCNCC1. The van der Waals surface area contributed by atoms with Gasteiger partial charge in [0.05, 0.1) is 23.1 Å². The second-order valence-corrected chi connectivity index (χ2v) is 7.97. The molecule has 10 heteroatoms. The lowest BCUT2D eigenvalue weighted by Gasteiger charge is -2.25. The number of halogens is 5. The molecular formula is C22H19ClF4N4O. The van der Waals surface area contributed by atoms with E-state index in [-0.39, 0.29) is 17.5 Å². The van der Waals surface area contributed by atoms with Crippen molar-refractivity contribution in [1.29, 1.82) is 0 Å². The van der Waals surface area contributed by atoms with Crippen molar-refractivity contribution < 1.29 is 22.4 Å². The van der Waals surface area contributed by atoms with Gasteiger partial charge < -0.3 is 10.6 Å². The van der Waals surface area contributed by atoms with Gasteiger partial charge in [-0.05, 0) is 50.6 Å². The molecule has 32 heavy (non-hydrogen) atoms. The number of amides is 1. The molecule has 2 N–H and O–H groups in total. The number of benzene rings is 2. The first-order valence-electron chi connectivity index (χ1n) is 9.98. The van der Waals surface area contributed by atoms with Gasteiger partial charge in [0.25, 0.3) is 5.91 Å². The van der Waals surface area contributed by atoms with Crippen LogP contribution in [0.5, 0.6) is 0 Å². The maximum atomic E-state index is 14.1. The van der Waals surface area contributed by atoms with Crippen molar-refractivity contribution in [2.24, 2.45) is 0 Å². The topological polar surface area (TPSA) is 59.0 Å². The largest absolute Gasteiger partial charge is 0.317 e. The van der Waals surface area contributed by atoms with E-state index < -0.39 is 34.9 Å². The molecule has 1 saturated heterocycles. The van der Waals surface area contributed by atoms with Crippen LogP contribution in [0.1, 0.15) is 40.4 Å². The van der Waals surface area contributed by atoms with Gasteiger partial charge in [-0.1, -0.05) is 17.7 Å². The predicted octanol–water partition coefficient (Wildman–Crippen LogP) is 5.11. The molecule has 1 fully saturated rings. The Bertz CT molecular complexity index is 1160. The van der Waals surface area contributed by atoms with Crippen LogP contribution in [0.25, 0.3) is 5.69 Å². The third-order valence-electron chi connectivity index (χ3n) is 5.59. The molecule has 0 radical (unpaired) electrons. The van der Waals surface area contributed by atoms with Gasteiger partial charge in [-0.15, -0.1) is 0 Å². The number of hydrogen-bond donors (Lipinski definition) is 2. The van der Waals surface area contributed by atoms with Gasteiger partial charge in [0, 0.05) is 17.0 Å². The summed E-state index contributed by atoms with van der Waals surface area (Å²) in [4.78, 5) is 13.0. The monoisotopic (exact) mass is 466 g/mol. The van der Waals surface area contributed by atoms with Crippen LogP contribution in [0.2, 0.25) is 5.02 Å². The zero-order valence-electron chi connectivity index (χ0n) is 17.0. The highest BCUT2D eigenvalue weighted by Crippen LogP contribution is 2.33. The molecule has 1 amide bonds. The van der Waals surface area contributed by atoms with E-state index in [1.165, 1.54) is 6.20 Å². The Kier molecular flexibility index (Phi) is 6.21. The summed E-state index contributed by atoms with van der Waals surface area (Å²) in [5.41, 5.74) is 0.796. The highest BCUT2D eigenvalue weighted by atomic mass is 35.5. The fourth-order valence-corrected chi connectivity index (χ4v) is 4.07. The van der Waals surface area contributed by atoms with Gasteiger partial charge in [0.15, 0.2) is 23.3 Å². The van der Waals surface area contributed by atoms with Crippen LogP contribution >= 0.6 is 11.6 Å². The highest BCUT2D eigenvalue weighted by molar-refractivity contribution is 6.31. The molecule has 4 rings (SSSR count). The normalized spacial score (nSPS) is 14.6. The summed E-state index contributed by atoms with van der Waals surface area (Å²) in [6.45, 7) is 3.24. The van der Waals surface area contributed by atoms with Gasteiger partial charge >= 0.3 is 0 Å². The number of carbonyl (C=O) groups excluding carboxylic acids is 1. The standard InChI is InChI=1S/C22H19ClF4N4O/c1-11-14(23)3-2-4-17(11)31-21(12-5-7-28-8-6-12)13(10-29-31)22(32)30-20-18(26)15(24)9-16(25)19(20)27/h2-4,9-10,12,28H,5-8H2,1H3,(H,30,32). The fraction of sp³-hybridized carbons (Fsp3) is 0.273. The number of rotatable bonds is 4. The Morgan fingerprint density at radius 2 is 1.81 bits per heavy atom. The van der Waals surface area contributed by atoms with Crippen molar-refractivity contribution in [1.82, 2.24) is 15.1 Å². The van der Waals surface area contributed by atoms with Crippen LogP contribution in [0.3, 0.4) is 0 Å². The van der Waals surface area contributed by atoms with E-state index in [9.17, 15) is 22.4 Å². The Balaban J connectivity index is 1.80. The molecular weight excluding hydrogens is 448 g/mol. The van der Waals surface area contributed by atoms with Crippen LogP contribution in [0, 0.1) is 30.2 Å². The summed E-state index contributed by atoms with van der Waals surface area (Å²) >= 11 is 6.26. The van der Waals surface area contributed by atoms with Crippen molar-refractivity contribution in [2.45, 2.75) is 25.7 Å². The van der Waals surface area contributed by atoms with Gasteiger partial charge in [-0.2, -0.15) is 5.10 Å². The summed E-state index contributed by atoms with van der Waals surface area (Å²) in [6.07, 6.45) is 2.67. The molecule has 0 bridgehead atoms. The second-order valence-electron chi connectivity index (χ2n) is 7.56. The van der Waals surface area contributed by atoms with E-state index in [1.807, 2.05) is 12.2 Å². The minimum absolute atomic E-state index is 0.0553. The number of hydrogen-bond acceptors (Lipinski definition) is 3. The Labute approximate surface area is 186 Å². The predicted molar refractivity (Wildman–Crippen MR) is 112 cm³/mol. The Morgan fingerprint density at radius 1 is 1.16 bits per heavy atom. The molecule has 0 saturated carbocycles. The molecule has 2 aromatic carbocycles. The number of aromatic nitrogens is 2. The molecule has 0 unspecified atom stereocenters.